The van der Waals surface area contributed by atoms with Crippen LogP contribution in [0, 0.1) is 5.92 Å². The van der Waals surface area contributed by atoms with Crippen LogP contribution >= 0.6 is 11.8 Å². The molecule has 0 aromatic carbocycles. The van der Waals surface area contributed by atoms with E-state index in [4.69, 9.17) is 5.73 Å². The molecule has 1 saturated heterocycles. The SMILES string of the molecule is CC1CCCC(N(C)C2(CN)CCSC2)C1. The van der Waals surface area contributed by atoms with E-state index in [1.807, 2.05) is 0 Å². The molecular formula is C13H26N2S. The second-order valence-electron chi connectivity index (χ2n) is 5.77. The number of rotatable bonds is 3. The van der Waals surface area contributed by atoms with E-state index in [9.17, 15) is 0 Å². The average molecular weight is 242 g/mol. The molecule has 1 heterocycles. The van der Waals surface area contributed by atoms with Gasteiger partial charge in [0.1, 0.15) is 0 Å². The smallest absolute Gasteiger partial charge is 0.0429 e. The first-order valence-electron chi connectivity index (χ1n) is 6.69. The van der Waals surface area contributed by atoms with Crippen LogP contribution in [0.3, 0.4) is 0 Å². The summed E-state index contributed by atoms with van der Waals surface area (Å²) < 4.78 is 0. The van der Waals surface area contributed by atoms with E-state index in [1.165, 1.54) is 43.6 Å². The highest BCUT2D eigenvalue weighted by Gasteiger charge is 2.40. The second-order valence-corrected chi connectivity index (χ2v) is 6.87. The highest BCUT2D eigenvalue weighted by atomic mass is 32.2. The van der Waals surface area contributed by atoms with Crippen molar-refractivity contribution in [3.8, 4) is 0 Å². The number of nitrogens with two attached hydrogens (primary N) is 1. The van der Waals surface area contributed by atoms with Crippen molar-refractivity contribution in [1.82, 2.24) is 4.90 Å². The van der Waals surface area contributed by atoms with E-state index < -0.39 is 0 Å². The lowest BCUT2D eigenvalue weighted by Gasteiger charge is -2.45. The summed E-state index contributed by atoms with van der Waals surface area (Å²) in [6, 6.07) is 0.783. The van der Waals surface area contributed by atoms with Crippen molar-refractivity contribution in [2.75, 3.05) is 25.1 Å². The zero-order chi connectivity index (χ0) is 11.6. The van der Waals surface area contributed by atoms with Crippen molar-refractivity contribution in [2.45, 2.75) is 50.6 Å². The molecule has 0 amide bonds. The monoisotopic (exact) mass is 242 g/mol. The molecule has 0 spiro atoms. The van der Waals surface area contributed by atoms with Gasteiger partial charge < -0.3 is 5.73 Å². The van der Waals surface area contributed by atoms with Crippen molar-refractivity contribution in [3.63, 3.8) is 0 Å². The van der Waals surface area contributed by atoms with Crippen molar-refractivity contribution in [2.24, 2.45) is 11.7 Å². The Balaban J connectivity index is 2.01. The molecule has 2 N–H and O–H groups in total. The van der Waals surface area contributed by atoms with Gasteiger partial charge >= 0.3 is 0 Å². The van der Waals surface area contributed by atoms with Crippen LogP contribution in [0.2, 0.25) is 0 Å². The van der Waals surface area contributed by atoms with Crippen LogP contribution in [-0.2, 0) is 0 Å². The molecule has 3 unspecified atom stereocenters. The first-order valence-corrected chi connectivity index (χ1v) is 7.84. The summed E-state index contributed by atoms with van der Waals surface area (Å²) in [5.41, 5.74) is 6.37. The van der Waals surface area contributed by atoms with Gasteiger partial charge in [0.05, 0.1) is 0 Å². The largest absolute Gasteiger partial charge is 0.329 e. The summed E-state index contributed by atoms with van der Waals surface area (Å²) >= 11 is 2.08. The Morgan fingerprint density at radius 3 is 2.81 bits per heavy atom. The molecule has 2 fully saturated rings. The van der Waals surface area contributed by atoms with E-state index in [0.29, 0.717) is 5.54 Å². The summed E-state index contributed by atoms with van der Waals surface area (Å²) in [6.07, 6.45) is 6.88. The molecule has 3 atom stereocenters. The number of hydrogen-bond acceptors (Lipinski definition) is 3. The van der Waals surface area contributed by atoms with Gasteiger partial charge in [-0.2, -0.15) is 11.8 Å². The van der Waals surface area contributed by atoms with E-state index in [2.05, 4.69) is 30.6 Å². The molecule has 1 aliphatic heterocycles. The summed E-state index contributed by atoms with van der Waals surface area (Å²) in [5, 5.41) is 0. The standard InChI is InChI=1S/C13H26N2S/c1-11-4-3-5-12(8-11)15(2)13(9-14)6-7-16-10-13/h11-12H,3-10,14H2,1-2H3. The van der Waals surface area contributed by atoms with Gasteiger partial charge in [0, 0.05) is 23.9 Å². The molecule has 0 aromatic heterocycles. The molecule has 1 saturated carbocycles. The predicted octanol–water partition coefficient (Wildman–Crippen LogP) is 2.33. The van der Waals surface area contributed by atoms with Crippen LogP contribution in [0.25, 0.3) is 0 Å². The molecule has 0 bridgehead atoms. The van der Waals surface area contributed by atoms with Gasteiger partial charge in [0.2, 0.25) is 0 Å². The highest BCUT2D eigenvalue weighted by Crippen LogP contribution is 2.37. The second kappa shape index (κ2) is 5.28. The summed E-state index contributed by atoms with van der Waals surface area (Å²) in [6.45, 7) is 3.24. The van der Waals surface area contributed by atoms with Crippen LogP contribution in [0.1, 0.15) is 39.0 Å². The topological polar surface area (TPSA) is 29.3 Å². The Kier molecular flexibility index (Phi) is 4.20. The van der Waals surface area contributed by atoms with Gasteiger partial charge in [-0.25, -0.2) is 0 Å². The van der Waals surface area contributed by atoms with Crippen molar-refractivity contribution in [1.29, 1.82) is 0 Å². The molecule has 2 nitrogen and oxygen atoms in total. The minimum Gasteiger partial charge on any atom is -0.329 e. The average Bonchev–Trinajstić information content (AvgIpc) is 2.78. The Morgan fingerprint density at radius 1 is 1.44 bits per heavy atom. The maximum Gasteiger partial charge on any atom is 0.0429 e. The van der Waals surface area contributed by atoms with Gasteiger partial charge in [-0.3, -0.25) is 4.90 Å². The maximum absolute atomic E-state index is 6.06. The zero-order valence-electron chi connectivity index (χ0n) is 10.7. The van der Waals surface area contributed by atoms with Crippen LogP contribution in [0.15, 0.2) is 0 Å². The Bertz CT molecular complexity index is 226. The Hall–Kier alpha value is 0.270. The molecule has 2 aliphatic rings. The third-order valence-electron chi connectivity index (χ3n) is 4.67. The van der Waals surface area contributed by atoms with Crippen LogP contribution in [0.4, 0.5) is 0 Å². The van der Waals surface area contributed by atoms with Gasteiger partial charge in [-0.05, 0) is 38.0 Å². The van der Waals surface area contributed by atoms with Crippen LogP contribution < -0.4 is 5.73 Å². The highest BCUT2D eigenvalue weighted by molar-refractivity contribution is 7.99. The normalized spacial score (nSPS) is 40.5. The van der Waals surface area contributed by atoms with Gasteiger partial charge in [-0.15, -0.1) is 0 Å². The molecule has 1 aliphatic carbocycles. The Morgan fingerprint density at radius 2 is 2.25 bits per heavy atom. The van der Waals surface area contributed by atoms with Crippen LogP contribution in [-0.4, -0.2) is 41.6 Å². The molecule has 3 heteroatoms. The predicted molar refractivity (Wildman–Crippen MR) is 72.9 cm³/mol. The van der Waals surface area contributed by atoms with E-state index >= 15 is 0 Å². The van der Waals surface area contributed by atoms with Gasteiger partial charge in [-0.1, -0.05) is 19.8 Å². The first-order chi connectivity index (χ1) is 7.68. The maximum atomic E-state index is 6.06. The lowest BCUT2D eigenvalue weighted by Crippen LogP contribution is -2.57. The van der Waals surface area contributed by atoms with Crippen molar-refractivity contribution in [3.05, 3.63) is 0 Å². The van der Waals surface area contributed by atoms with E-state index in [1.54, 1.807) is 0 Å². The van der Waals surface area contributed by atoms with Crippen molar-refractivity contribution < 1.29 is 0 Å². The summed E-state index contributed by atoms with van der Waals surface area (Å²) in [5.74, 6) is 3.44. The molecule has 2 rings (SSSR count). The zero-order valence-corrected chi connectivity index (χ0v) is 11.6. The number of thioether (sulfide) groups is 1. The number of likely N-dealkylation sites (N-methyl/N-ethyl adjacent to an activating group) is 1. The van der Waals surface area contributed by atoms with E-state index in [0.717, 1.165) is 18.5 Å². The first kappa shape index (κ1) is 12.7. The minimum absolute atomic E-state index is 0.312. The lowest BCUT2D eigenvalue weighted by molar-refractivity contribution is 0.0637. The van der Waals surface area contributed by atoms with Crippen molar-refractivity contribution >= 4 is 11.8 Å². The van der Waals surface area contributed by atoms with Crippen LogP contribution in [0.5, 0.6) is 0 Å². The van der Waals surface area contributed by atoms with E-state index in [-0.39, 0.29) is 0 Å². The molecule has 94 valence electrons. The third kappa shape index (κ3) is 2.41. The van der Waals surface area contributed by atoms with Gasteiger partial charge in [0.15, 0.2) is 0 Å². The lowest BCUT2D eigenvalue weighted by atomic mass is 9.83. The Labute approximate surface area is 104 Å². The minimum atomic E-state index is 0.312. The molecule has 0 radical (unpaired) electrons. The summed E-state index contributed by atoms with van der Waals surface area (Å²) in [4.78, 5) is 2.64. The molecular weight excluding hydrogens is 216 g/mol. The fourth-order valence-corrected chi connectivity index (χ4v) is 4.84. The fourth-order valence-electron chi connectivity index (χ4n) is 3.32. The number of nitrogens with zero attached hydrogens (tertiary/aromatic N) is 1. The summed E-state index contributed by atoms with van der Waals surface area (Å²) in [7, 11) is 2.32. The molecule has 0 aromatic rings. The number of hydrogen-bond donors (Lipinski definition) is 1. The van der Waals surface area contributed by atoms with Gasteiger partial charge in [0.25, 0.3) is 0 Å². The third-order valence-corrected chi connectivity index (χ3v) is 5.90. The molecule has 16 heavy (non-hydrogen) atoms. The fraction of sp³-hybridized carbons (Fsp3) is 1.00. The quantitative estimate of drug-likeness (QED) is 0.823.